The summed E-state index contributed by atoms with van der Waals surface area (Å²) in [6, 6.07) is 7.08. The van der Waals surface area contributed by atoms with Gasteiger partial charge in [-0.2, -0.15) is 0 Å². The average Bonchev–Trinajstić information content (AvgIpc) is 3.23. The Morgan fingerprint density at radius 3 is 2.91 bits per heavy atom. The summed E-state index contributed by atoms with van der Waals surface area (Å²) in [5, 5.41) is 2.60. The minimum absolute atomic E-state index is 0.0661. The fraction of sp³-hybridized carbons (Fsp3) is 0.125. The lowest BCUT2D eigenvalue weighted by Gasteiger charge is -2.00. The predicted molar refractivity (Wildman–Crippen MR) is 85.3 cm³/mol. The van der Waals surface area contributed by atoms with Crippen LogP contribution in [0.3, 0.4) is 0 Å². The van der Waals surface area contributed by atoms with Crippen LogP contribution in [0.2, 0.25) is 0 Å². The zero-order chi connectivity index (χ0) is 16.2. The third-order valence-electron chi connectivity index (χ3n) is 3.10. The number of thiazole rings is 1. The number of ketones is 1. The molecule has 7 heteroatoms. The molecule has 1 N–H and O–H groups in total. The average molecular weight is 327 g/mol. The molecular weight excluding hydrogens is 314 g/mol. The van der Waals surface area contributed by atoms with Gasteiger partial charge in [-0.15, -0.1) is 11.3 Å². The number of nitrogens with one attached hydrogen (secondary N) is 1. The summed E-state index contributed by atoms with van der Waals surface area (Å²) in [7, 11) is 0. The van der Waals surface area contributed by atoms with Gasteiger partial charge in [0.25, 0.3) is 0 Å². The van der Waals surface area contributed by atoms with Crippen LogP contribution in [0.1, 0.15) is 33.5 Å². The maximum absolute atomic E-state index is 11.9. The van der Waals surface area contributed by atoms with Crippen LogP contribution in [0, 0.1) is 0 Å². The fourth-order valence-corrected chi connectivity index (χ4v) is 2.69. The number of nitrogens with zero attached hydrogens (tertiary/aromatic N) is 2. The van der Waals surface area contributed by atoms with Gasteiger partial charge in [-0.1, -0.05) is 6.07 Å². The van der Waals surface area contributed by atoms with Crippen molar-refractivity contribution in [2.24, 2.45) is 0 Å². The molecule has 0 fully saturated rings. The van der Waals surface area contributed by atoms with Crippen molar-refractivity contribution in [2.75, 3.05) is 0 Å². The molecule has 0 spiro atoms. The van der Waals surface area contributed by atoms with E-state index < -0.39 is 5.97 Å². The van der Waals surface area contributed by atoms with Crippen molar-refractivity contribution in [3.05, 3.63) is 59.0 Å². The Morgan fingerprint density at radius 1 is 1.35 bits per heavy atom. The van der Waals surface area contributed by atoms with E-state index in [0.29, 0.717) is 11.3 Å². The molecule has 0 saturated heterocycles. The van der Waals surface area contributed by atoms with Gasteiger partial charge >= 0.3 is 5.97 Å². The lowest BCUT2D eigenvalue weighted by molar-refractivity contribution is 0.0462. The summed E-state index contributed by atoms with van der Waals surface area (Å²) in [5.74, 6) is -0.635. The van der Waals surface area contributed by atoms with Gasteiger partial charge in [0.15, 0.2) is 5.78 Å². The number of rotatable bonds is 5. The molecule has 0 amide bonds. The van der Waals surface area contributed by atoms with Crippen molar-refractivity contribution in [1.82, 2.24) is 15.0 Å². The van der Waals surface area contributed by atoms with Crippen LogP contribution in [-0.4, -0.2) is 26.7 Å². The molecule has 0 bridgehead atoms. The molecule has 0 unspecified atom stereocenters. The standard InChI is InChI=1S/C16H13N3O3S/c1-10(20)11-6-14(18-7-11)16(21)22-8-12-9-23-15(19-12)13-4-2-3-5-17-13/h2-7,9,18H,8H2,1H3. The number of carbonyl (C=O) groups excluding carboxylic acids is 2. The van der Waals surface area contributed by atoms with E-state index in [1.807, 2.05) is 23.6 Å². The number of hydrogen-bond acceptors (Lipinski definition) is 6. The summed E-state index contributed by atoms with van der Waals surface area (Å²) in [6.07, 6.45) is 3.19. The van der Waals surface area contributed by atoms with Crippen LogP contribution in [0.15, 0.2) is 42.0 Å². The highest BCUT2D eigenvalue weighted by Gasteiger charge is 2.13. The van der Waals surface area contributed by atoms with E-state index in [4.69, 9.17) is 4.74 Å². The molecule has 6 nitrogen and oxygen atoms in total. The van der Waals surface area contributed by atoms with Crippen molar-refractivity contribution < 1.29 is 14.3 Å². The maximum Gasteiger partial charge on any atom is 0.355 e. The van der Waals surface area contributed by atoms with E-state index in [1.165, 1.54) is 30.5 Å². The Kier molecular flexibility index (Phi) is 4.29. The topological polar surface area (TPSA) is 84.9 Å². The molecule has 0 atom stereocenters. The zero-order valence-electron chi connectivity index (χ0n) is 12.3. The van der Waals surface area contributed by atoms with Crippen molar-refractivity contribution in [3.63, 3.8) is 0 Å². The Morgan fingerprint density at radius 2 is 2.22 bits per heavy atom. The van der Waals surface area contributed by atoms with Gasteiger partial charge in [-0.25, -0.2) is 9.78 Å². The SMILES string of the molecule is CC(=O)c1c[nH]c(C(=O)OCc2csc(-c3ccccn3)n2)c1. The van der Waals surface area contributed by atoms with Gasteiger partial charge in [0.05, 0.1) is 11.4 Å². The number of Topliss-reactive ketones (excluding diaryl/α,β-unsaturated/α-hetero) is 1. The third kappa shape index (κ3) is 3.51. The molecule has 116 valence electrons. The Balaban J connectivity index is 1.63. The molecule has 3 aromatic rings. The van der Waals surface area contributed by atoms with Crippen molar-refractivity contribution in [2.45, 2.75) is 13.5 Å². The summed E-state index contributed by atoms with van der Waals surface area (Å²) in [5.41, 5.74) is 2.13. The molecule has 3 rings (SSSR count). The summed E-state index contributed by atoms with van der Waals surface area (Å²) >= 11 is 1.44. The molecule has 0 aliphatic carbocycles. The molecule has 3 heterocycles. The quantitative estimate of drug-likeness (QED) is 0.575. The van der Waals surface area contributed by atoms with Crippen molar-refractivity contribution in [1.29, 1.82) is 0 Å². The highest BCUT2D eigenvalue weighted by Crippen LogP contribution is 2.21. The minimum Gasteiger partial charge on any atom is -0.454 e. The summed E-state index contributed by atoms with van der Waals surface area (Å²) < 4.78 is 5.20. The largest absolute Gasteiger partial charge is 0.454 e. The first-order valence-electron chi connectivity index (χ1n) is 6.86. The molecule has 23 heavy (non-hydrogen) atoms. The monoisotopic (exact) mass is 327 g/mol. The molecule has 0 aromatic carbocycles. The number of esters is 1. The van der Waals surface area contributed by atoms with Crippen LogP contribution < -0.4 is 0 Å². The van der Waals surface area contributed by atoms with Gasteiger partial charge in [0, 0.05) is 23.3 Å². The van der Waals surface area contributed by atoms with E-state index in [2.05, 4.69) is 15.0 Å². The van der Waals surface area contributed by atoms with Crippen LogP contribution in [0.5, 0.6) is 0 Å². The maximum atomic E-state index is 11.9. The fourth-order valence-electron chi connectivity index (χ4n) is 1.91. The first-order valence-corrected chi connectivity index (χ1v) is 7.74. The van der Waals surface area contributed by atoms with E-state index in [-0.39, 0.29) is 18.1 Å². The lowest BCUT2D eigenvalue weighted by Crippen LogP contribution is -2.05. The molecule has 0 aliphatic heterocycles. The summed E-state index contributed by atoms with van der Waals surface area (Å²) in [4.78, 5) is 34.5. The minimum atomic E-state index is -0.523. The van der Waals surface area contributed by atoms with Crippen molar-refractivity contribution >= 4 is 23.1 Å². The smallest absolute Gasteiger partial charge is 0.355 e. The Bertz CT molecular complexity index is 839. The summed E-state index contributed by atoms with van der Waals surface area (Å²) in [6.45, 7) is 1.50. The van der Waals surface area contributed by atoms with Crippen LogP contribution in [0.25, 0.3) is 10.7 Å². The second kappa shape index (κ2) is 6.53. The first-order chi connectivity index (χ1) is 11.1. The van der Waals surface area contributed by atoms with Crippen molar-refractivity contribution in [3.8, 4) is 10.7 Å². The van der Waals surface area contributed by atoms with Gasteiger partial charge in [0.1, 0.15) is 17.3 Å². The van der Waals surface area contributed by atoms with E-state index in [9.17, 15) is 9.59 Å². The number of aromatic amines is 1. The second-order valence-electron chi connectivity index (χ2n) is 4.79. The number of ether oxygens (including phenoxy) is 1. The zero-order valence-corrected chi connectivity index (χ0v) is 13.1. The third-order valence-corrected chi connectivity index (χ3v) is 4.01. The van der Waals surface area contributed by atoms with E-state index in [1.54, 1.807) is 6.20 Å². The number of H-pyrrole nitrogens is 1. The highest BCUT2D eigenvalue weighted by molar-refractivity contribution is 7.13. The highest BCUT2D eigenvalue weighted by atomic mass is 32.1. The Labute approximate surface area is 136 Å². The van der Waals surface area contributed by atoms with Gasteiger partial charge in [0.2, 0.25) is 0 Å². The molecular formula is C16H13N3O3S. The van der Waals surface area contributed by atoms with Crippen LogP contribution in [-0.2, 0) is 11.3 Å². The van der Waals surface area contributed by atoms with E-state index >= 15 is 0 Å². The number of aromatic nitrogens is 3. The van der Waals surface area contributed by atoms with Gasteiger partial charge in [-0.3, -0.25) is 9.78 Å². The number of pyridine rings is 1. The first kappa shape index (κ1) is 15.1. The lowest BCUT2D eigenvalue weighted by atomic mass is 10.2. The van der Waals surface area contributed by atoms with Gasteiger partial charge < -0.3 is 9.72 Å². The molecule has 0 radical (unpaired) electrons. The van der Waals surface area contributed by atoms with Crippen LogP contribution in [0.4, 0.5) is 0 Å². The molecule has 3 aromatic heterocycles. The predicted octanol–water partition coefficient (Wildman–Crippen LogP) is 3.09. The molecule has 0 aliphatic rings. The second-order valence-corrected chi connectivity index (χ2v) is 5.65. The normalized spacial score (nSPS) is 10.5. The van der Waals surface area contributed by atoms with E-state index in [0.717, 1.165) is 10.7 Å². The number of carbonyl (C=O) groups is 2. The Hall–Kier alpha value is -2.80. The van der Waals surface area contributed by atoms with Gasteiger partial charge in [-0.05, 0) is 25.1 Å². The van der Waals surface area contributed by atoms with Crippen LogP contribution >= 0.6 is 11.3 Å². The number of hydrogen-bond donors (Lipinski definition) is 1. The molecule has 0 saturated carbocycles.